The minimum Gasteiger partial charge on any atom is -0.325 e. The van der Waals surface area contributed by atoms with E-state index in [0.717, 1.165) is 24.1 Å². The fourth-order valence-electron chi connectivity index (χ4n) is 2.85. The lowest BCUT2D eigenvalue weighted by atomic mass is 10.1. The van der Waals surface area contributed by atoms with Crippen molar-refractivity contribution in [1.82, 2.24) is 5.32 Å². The van der Waals surface area contributed by atoms with Crippen molar-refractivity contribution >= 4 is 11.6 Å². The van der Waals surface area contributed by atoms with Crippen molar-refractivity contribution in [2.75, 3.05) is 11.9 Å². The average molecular weight is 280 g/mol. The Hall–Kier alpha value is -2.13. The summed E-state index contributed by atoms with van der Waals surface area (Å²) in [5, 5.41) is 6.31. The number of anilines is 1. The zero-order valence-electron chi connectivity index (χ0n) is 12.2. The summed E-state index contributed by atoms with van der Waals surface area (Å²) in [4.78, 5) is 12.0. The predicted molar refractivity (Wildman–Crippen MR) is 85.4 cm³/mol. The molecule has 3 rings (SSSR count). The Kier molecular flexibility index (Phi) is 4.02. The van der Waals surface area contributed by atoms with Crippen LogP contribution in [-0.4, -0.2) is 18.5 Å². The van der Waals surface area contributed by atoms with Crippen LogP contribution in [0.4, 0.5) is 5.69 Å². The molecule has 0 atom stereocenters. The number of hydrogen-bond acceptors (Lipinski definition) is 2. The van der Waals surface area contributed by atoms with E-state index in [2.05, 4.69) is 34.9 Å². The normalized spacial score (nSPS) is 14.0. The molecule has 0 spiro atoms. The van der Waals surface area contributed by atoms with E-state index in [-0.39, 0.29) is 5.91 Å². The number of carbonyl (C=O) groups excluding carboxylic acids is 1. The SMILES string of the molecule is Cc1ccccc1NC(=O)CNC1Cc2ccccc2C1. The van der Waals surface area contributed by atoms with E-state index in [0.29, 0.717) is 12.6 Å². The number of amides is 1. The Morgan fingerprint density at radius 3 is 2.33 bits per heavy atom. The van der Waals surface area contributed by atoms with E-state index < -0.39 is 0 Å². The summed E-state index contributed by atoms with van der Waals surface area (Å²) < 4.78 is 0. The van der Waals surface area contributed by atoms with Gasteiger partial charge in [0.2, 0.25) is 5.91 Å². The van der Waals surface area contributed by atoms with E-state index in [1.165, 1.54) is 11.1 Å². The van der Waals surface area contributed by atoms with Gasteiger partial charge in [0.05, 0.1) is 6.54 Å². The van der Waals surface area contributed by atoms with Crippen molar-refractivity contribution in [2.45, 2.75) is 25.8 Å². The maximum Gasteiger partial charge on any atom is 0.238 e. The largest absolute Gasteiger partial charge is 0.325 e. The highest BCUT2D eigenvalue weighted by molar-refractivity contribution is 5.92. The summed E-state index contributed by atoms with van der Waals surface area (Å²) in [6, 6.07) is 16.7. The molecule has 0 saturated carbocycles. The Morgan fingerprint density at radius 2 is 1.67 bits per heavy atom. The van der Waals surface area contributed by atoms with Gasteiger partial charge in [0.25, 0.3) is 0 Å². The molecule has 3 nitrogen and oxygen atoms in total. The number of carbonyl (C=O) groups is 1. The molecule has 0 aliphatic heterocycles. The van der Waals surface area contributed by atoms with Gasteiger partial charge >= 0.3 is 0 Å². The van der Waals surface area contributed by atoms with E-state index in [1.54, 1.807) is 0 Å². The van der Waals surface area contributed by atoms with Crippen molar-refractivity contribution in [3.05, 3.63) is 65.2 Å². The van der Waals surface area contributed by atoms with Gasteiger partial charge in [-0.3, -0.25) is 4.79 Å². The monoisotopic (exact) mass is 280 g/mol. The highest BCUT2D eigenvalue weighted by Crippen LogP contribution is 2.21. The molecule has 1 aliphatic carbocycles. The van der Waals surface area contributed by atoms with Crippen LogP contribution in [0.25, 0.3) is 0 Å². The molecule has 1 amide bonds. The van der Waals surface area contributed by atoms with Crippen molar-refractivity contribution < 1.29 is 4.79 Å². The van der Waals surface area contributed by atoms with Crippen LogP contribution in [0.5, 0.6) is 0 Å². The van der Waals surface area contributed by atoms with Gasteiger partial charge < -0.3 is 10.6 Å². The number of rotatable bonds is 4. The standard InChI is InChI=1S/C18H20N2O/c1-13-6-2-5-9-17(13)20-18(21)12-19-16-10-14-7-3-4-8-15(14)11-16/h2-9,16,19H,10-12H2,1H3,(H,20,21). The van der Waals surface area contributed by atoms with Gasteiger partial charge in [-0.1, -0.05) is 42.5 Å². The predicted octanol–water partition coefficient (Wildman–Crippen LogP) is 2.69. The Balaban J connectivity index is 1.50. The molecule has 0 heterocycles. The summed E-state index contributed by atoms with van der Waals surface area (Å²) in [6.07, 6.45) is 2.02. The maximum absolute atomic E-state index is 12.0. The summed E-state index contributed by atoms with van der Waals surface area (Å²) in [5.41, 5.74) is 4.77. The van der Waals surface area contributed by atoms with Gasteiger partial charge in [-0.2, -0.15) is 0 Å². The molecule has 1 aliphatic rings. The molecule has 108 valence electrons. The van der Waals surface area contributed by atoms with Crippen LogP contribution in [0.2, 0.25) is 0 Å². The second kappa shape index (κ2) is 6.10. The van der Waals surface area contributed by atoms with Gasteiger partial charge in [0.15, 0.2) is 0 Å². The lowest BCUT2D eigenvalue weighted by Gasteiger charge is -2.13. The minimum absolute atomic E-state index is 0.0141. The first kappa shape index (κ1) is 13.8. The summed E-state index contributed by atoms with van der Waals surface area (Å²) in [7, 11) is 0. The van der Waals surface area contributed by atoms with Gasteiger partial charge in [-0.25, -0.2) is 0 Å². The van der Waals surface area contributed by atoms with Crippen LogP contribution in [0.15, 0.2) is 48.5 Å². The first-order valence-electron chi connectivity index (χ1n) is 7.38. The summed E-state index contributed by atoms with van der Waals surface area (Å²) in [5.74, 6) is 0.0141. The van der Waals surface area contributed by atoms with Crippen molar-refractivity contribution in [1.29, 1.82) is 0 Å². The van der Waals surface area contributed by atoms with Crippen LogP contribution in [-0.2, 0) is 17.6 Å². The fraction of sp³-hybridized carbons (Fsp3) is 0.278. The molecule has 0 unspecified atom stereocenters. The number of benzene rings is 2. The molecule has 0 radical (unpaired) electrons. The molecule has 2 aromatic carbocycles. The molecule has 3 heteroatoms. The lowest BCUT2D eigenvalue weighted by Crippen LogP contribution is -2.36. The van der Waals surface area contributed by atoms with E-state index in [1.807, 2.05) is 31.2 Å². The minimum atomic E-state index is 0.0141. The third kappa shape index (κ3) is 3.31. The third-order valence-corrected chi connectivity index (χ3v) is 4.02. The number of hydrogen-bond donors (Lipinski definition) is 2. The van der Waals surface area contributed by atoms with E-state index in [9.17, 15) is 4.79 Å². The molecule has 0 saturated heterocycles. The molecule has 21 heavy (non-hydrogen) atoms. The van der Waals surface area contributed by atoms with Crippen LogP contribution >= 0.6 is 0 Å². The number of para-hydroxylation sites is 1. The van der Waals surface area contributed by atoms with Crippen LogP contribution < -0.4 is 10.6 Å². The second-order valence-electron chi connectivity index (χ2n) is 5.62. The first-order chi connectivity index (χ1) is 10.2. The molecular weight excluding hydrogens is 260 g/mol. The van der Waals surface area contributed by atoms with E-state index in [4.69, 9.17) is 0 Å². The van der Waals surface area contributed by atoms with Crippen LogP contribution in [0.1, 0.15) is 16.7 Å². The average Bonchev–Trinajstić information content (AvgIpc) is 2.90. The van der Waals surface area contributed by atoms with Gasteiger partial charge in [0, 0.05) is 11.7 Å². The van der Waals surface area contributed by atoms with E-state index >= 15 is 0 Å². The first-order valence-corrected chi connectivity index (χ1v) is 7.38. The fourth-order valence-corrected chi connectivity index (χ4v) is 2.85. The highest BCUT2D eigenvalue weighted by Gasteiger charge is 2.20. The zero-order chi connectivity index (χ0) is 14.7. The Bertz CT molecular complexity index is 626. The Morgan fingerprint density at radius 1 is 1.05 bits per heavy atom. The molecule has 0 bridgehead atoms. The van der Waals surface area contributed by atoms with Crippen molar-refractivity contribution in [2.24, 2.45) is 0 Å². The van der Waals surface area contributed by atoms with Crippen molar-refractivity contribution in [3.63, 3.8) is 0 Å². The number of nitrogens with one attached hydrogen (secondary N) is 2. The Labute approximate surface area is 125 Å². The molecular formula is C18H20N2O. The molecule has 0 aromatic heterocycles. The smallest absolute Gasteiger partial charge is 0.238 e. The number of aryl methyl sites for hydroxylation is 1. The topological polar surface area (TPSA) is 41.1 Å². The summed E-state index contributed by atoms with van der Waals surface area (Å²) in [6.45, 7) is 2.35. The van der Waals surface area contributed by atoms with Gasteiger partial charge in [0.1, 0.15) is 0 Å². The van der Waals surface area contributed by atoms with Crippen LogP contribution in [0, 0.1) is 6.92 Å². The molecule has 2 N–H and O–H groups in total. The molecule has 0 fully saturated rings. The molecule has 2 aromatic rings. The highest BCUT2D eigenvalue weighted by atomic mass is 16.1. The second-order valence-corrected chi connectivity index (χ2v) is 5.62. The van der Waals surface area contributed by atoms with Crippen molar-refractivity contribution in [3.8, 4) is 0 Å². The maximum atomic E-state index is 12.0. The lowest BCUT2D eigenvalue weighted by molar-refractivity contribution is -0.115. The van der Waals surface area contributed by atoms with Crippen LogP contribution in [0.3, 0.4) is 0 Å². The van der Waals surface area contributed by atoms with Gasteiger partial charge in [-0.15, -0.1) is 0 Å². The quantitative estimate of drug-likeness (QED) is 0.904. The zero-order valence-corrected chi connectivity index (χ0v) is 12.2. The summed E-state index contributed by atoms with van der Waals surface area (Å²) >= 11 is 0. The number of fused-ring (bicyclic) bond motifs is 1. The van der Waals surface area contributed by atoms with Gasteiger partial charge in [-0.05, 0) is 42.5 Å². The third-order valence-electron chi connectivity index (χ3n) is 4.02.